The van der Waals surface area contributed by atoms with Crippen LogP contribution in [0.2, 0.25) is 0 Å². The van der Waals surface area contributed by atoms with Gasteiger partial charge in [-0.15, -0.1) is 0 Å². The van der Waals surface area contributed by atoms with Crippen molar-refractivity contribution in [1.29, 1.82) is 0 Å². The highest BCUT2D eigenvalue weighted by Crippen LogP contribution is 2.41. The zero-order valence-corrected chi connectivity index (χ0v) is 11.6. The molecule has 1 aliphatic heterocycles. The molecule has 0 bridgehead atoms. The van der Waals surface area contributed by atoms with Crippen molar-refractivity contribution in [1.82, 2.24) is 10.2 Å². The quantitative estimate of drug-likeness (QED) is 0.815. The Hall–Kier alpha value is -0.570. The molecular weight excluding hydrogens is 212 g/mol. The normalized spacial score (nSPS) is 32.1. The summed E-state index contributed by atoms with van der Waals surface area (Å²) in [4.78, 5) is 14.4. The Morgan fingerprint density at radius 3 is 2.59 bits per heavy atom. The first-order valence-electron chi connectivity index (χ1n) is 6.98. The Kier molecular flexibility index (Phi) is 3.48. The largest absolute Gasteiger partial charge is 0.326 e. The third-order valence-electron chi connectivity index (χ3n) is 4.31. The summed E-state index contributed by atoms with van der Waals surface area (Å²) in [7, 11) is 0. The van der Waals surface area contributed by atoms with Crippen LogP contribution in [-0.2, 0) is 4.79 Å². The van der Waals surface area contributed by atoms with Gasteiger partial charge in [0.2, 0.25) is 5.91 Å². The SMILES string of the molecule is CC(C)CC1NC(C)N(CC2(C)CCC2)C1=O. The molecule has 0 aromatic rings. The fourth-order valence-electron chi connectivity index (χ4n) is 3.05. The van der Waals surface area contributed by atoms with Crippen LogP contribution < -0.4 is 5.32 Å². The van der Waals surface area contributed by atoms with E-state index in [0.29, 0.717) is 17.2 Å². The molecule has 2 atom stereocenters. The zero-order valence-electron chi connectivity index (χ0n) is 11.6. The Morgan fingerprint density at radius 2 is 2.12 bits per heavy atom. The summed E-state index contributed by atoms with van der Waals surface area (Å²) in [5, 5.41) is 3.43. The Balaban J connectivity index is 1.96. The number of amides is 1. The number of rotatable bonds is 4. The number of hydrogen-bond donors (Lipinski definition) is 1. The first kappa shape index (κ1) is 12.9. The molecule has 17 heavy (non-hydrogen) atoms. The van der Waals surface area contributed by atoms with Gasteiger partial charge >= 0.3 is 0 Å². The van der Waals surface area contributed by atoms with Crippen LogP contribution in [0.15, 0.2) is 0 Å². The topological polar surface area (TPSA) is 32.3 Å². The smallest absolute Gasteiger partial charge is 0.241 e. The zero-order chi connectivity index (χ0) is 12.6. The van der Waals surface area contributed by atoms with Crippen molar-refractivity contribution in [2.24, 2.45) is 11.3 Å². The van der Waals surface area contributed by atoms with Gasteiger partial charge < -0.3 is 4.90 Å². The summed E-state index contributed by atoms with van der Waals surface area (Å²) >= 11 is 0. The van der Waals surface area contributed by atoms with Crippen molar-refractivity contribution in [3.05, 3.63) is 0 Å². The number of nitrogens with zero attached hydrogens (tertiary/aromatic N) is 1. The van der Waals surface area contributed by atoms with Crippen LogP contribution in [0, 0.1) is 11.3 Å². The van der Waals surface area contributed by atoms with E-state index in [1.807, 2.05) is 0 Å². The van der Waals surface area contributed by atoms with E-state index in [2.05, 4.69) is 37.9 Å². The molecule has 2 fully saturated rings. The molecule has 1 N–H and O–H groups in total. The fourth-order valence-corrected chi connectivity index (χ4v) is 3.05. The molecule has 98 valence electrons. The average Bonchev–Trinajstić information content (AvgIpc) is 2.42. The molecule has 1 saturated carbocycles. The van der Waals surface area contributed by atoms with E-state index < -0.39 is 0 Å². The van der Waals surface area contributed by atoms with Gasteiger partial charge in [-0.2, -0.15) is 0 Å². The molecule has 3 nitrogen and oxygen atoms in total. The molecule has 3 heteroatoms. The molecule has 0 radical (unpaired) electrons. The Bertz CT molecular complexity index is 297. The maximum Gasteiger partial charge on any atom is 0.241 e. The van der Waals surface area contributed by atoms with E-state index in [9.17, 15) is 4.79 Å². The molecule has 2 aliphatic rings. The molecule has 0 aromatic carbocycles. The second kappa shape index (κ2) is 4.60. The van der Waals surface area contributed by atoms with E-state index in [0.717, 1.165) is 13.0 Å². The average molecular weight is 238 g/mol. The van der Waals surface area contributed by atoms with E-state index in [-0.39, 0.29) is 12.2 Å². The molecule has 1 heterocycles. The fraction of sp³-hybridized carbons (Fsp3) is 0.929. The van der Waals surface area contributed by atoms with Gasteiger partial charge in [-0.05, 0) is 37.5 Å². The molecule has 2 rings (SSSR count). The van der Waals surface area contributed by atoms with Gasteiger partial charge in [0, 0.05) is 6.54 Å². The number of nitrogens with one attached hydrogen (secondary N) is 1. The minimum atomic E-state index is 0.0497. The van der Waals surface area contributed by atoms with Gasteiger partial charge in [-0.3, -0.25) is 10.1 Å². The van der Waals surface area contributed by atoms with Crippen LogP contribution in [-0.4, -0.2) is 29.6 Å². The van der Waals surface area contributed by atoms with Crippen LogP contribution in [0.1, 0.15) is 53.4 Å². The monoisotopic (exact) mass is 238 g/mol. The van der Waals surface area contributed by atoms with Crippen LogP contribution in [0.25, 0.3) is 0 Å². The third kappa shape index (κ3) is 2.65. The maximum atomic E-state index is 12.3. The van der Waals surface area contributed by atoms with Crippen molar-refractivity contribution in [3.8, 4) is 0 Å². The summed E-state index contributed by atoms with van der Waals surface area (Å²) in [6.45, 7) is 9.71. The van der Waals surface area contributed by atoms with Gasteiger partial charge in [-0.25, -0.2) is 0 Å². The van der Waals surface area contributed by atoms with Crippen molar-refractivity contribution in [3.63, 3.8) is 0 Å². The van der Waals surface area contributed by atoms with Crippen LogP contribution in [0.4, 0.5) is 0 Å². The highest BCUT2D eigenvalue weighted by Gasteiger charge is 2.42. The minimum Gasteiger partial charge on any atom is -0.326 e. The van der Waals surface area contributed by atoms with E-state index in [4.69, 9.17) is 0 Å². The number of hydrogen-bond acceptors (Lipinski definition) is 2. The molecule has 1 saturated heterocycles. The van der Waals surface area contributed by atoms with Gasteiger partial charge in [0.15, 0.2) is 0 Å². The molecule has 2 unspecified atom stereocenters. The van der Waals surface area contributed by atoms with Gasteiger partial charge in [0.1, 0.15) is 0 Å². The van der Waals surface area contributed by atoms with Crippen molar-refractivity contribution in [2.75, 3.05) is 6.54 Å². The lowest BCUT2D eigenvalue weighted by atomic mass is 9.70. The maximum absolute atomic E-state index is 12.3. The predicted molar refractivity (Wildman–Crippen MR) is 69.5 cm³/mol. The van der Waals surface area contributed by atoms with E-state index >= 15 is 0 Å². The second-order valence-corrected chi connectivity index (χ2v) is 6.66. The van der Waals surface area contributed by atoms with E-state index in [1.165, 1.54) is 19.3 Å². The van der Waals surface area contributed by atoms with Gasteiger partial charge in [0.25, 0.3) is 0 Å². The lowest BCUT2D eigenvalue weighted by Crippen LogP contribution is -2.45. The summed E-state index contributed by atoms with van der Waals surface area (Å²) in [5.74, 6) is 0.891. The van der Waals surface area contributed by atoms with Gasteiger partial charge in [0.05, 0.1) is 12.2 Å². The Labute approximate surface area is 105 Å². The number of carbonyl (C=O) groups is 1. The van der Waals surface area contributed by atoms with Crippen LogP contribution >= 0.6 is 0 Å². The molecule has 1 amide bonds. The van der Waals surface area contributed by atoms with Crippen LogP contribution in [0.3, 0.4) is 0 Å². The molecule has 1 aliphatic carbocycles. The minimum absolute atomic E-state index is 0.0497. The lowest BCUT2D eigenvalue weighted by molar-refractivity contribution is -0.132. The second-order valence-electron chi connectivity index (χ2n) is 6.66. The summed E-state index contributed by atoms with van der Waals surface area (Å²) in [6, 6.07) is 0.0497. The van der Waals surface area contributed by atoms with Crippen molar-refractivity contribution >= 4 is 5.91 Å². The molecule has 0 spiro atoms. The van der Waals surface area contributed by atoms with Crippen molar-refractivity contribution < 1.29 is 4.79 Å². The Morgan fingerprint density at radius 1 is 1.47 bits per heavy atom. The predicted octanol–water partition coefficient (Wildman–Crippen LogP) is 2.37. The summed E-state index contributed by atoms with van der Waals surface area (Å²) < 4.78 is 0. The van der Waals surface area contributed by atoms with Crippen LogP contribution in [0.5, 0.6) is 0 Å². The standard InChI is InChI=1S/C14H26N2O/c1-10(2)8-12-13(17)16(11(3)15-12)9-14(4)6-5-7-14/h10-12,15H,5-9H2,1-4H3. The molecular formula is C14H26N2O. The highest BCUT2D eigenvalue weighted by molar-refractivity contribution is 5.84. The first-order valence-corrected chi connectivity index (χ1v) is 6.98. The lowest BCUT2D eigenvalue weighted by Gasteiger charge is -2.42. The van der Waals surface area contributed by atoms with Gasteiger partial charge in [-0.1, -0.05) is 27.2 Å². The highest BCUT2D eigenvalue weighted by atomic mass is 16.2. The number of carbonyl (C=O) groups excluding carboxylic acids is 1. The summed E-state index contributed by atoms with van der Waals surface area (Å²) in [5.41, 5.74) is 0.387. The molecule has 0 aromatic heterocycles. The first-order chi connectivity index (χ1) is 7.91. The van der Waals surface area contributed by atoms with E-state index in [1.54, 1.807) is 0 Å². The summed E-state index contributed by atoms with van der Waals surface area (Å²) in [6.07, 6.45) is 5.05. The third-order valence-corrected chi connectivity index (χ3v) is 4.31. The van der Waals surface area contributed by atoms with Crippen molar-refractivity contribution in [2.45, 2.75) is 65.6 Å².